The van der Waals surface area contributed by atoms with Gasteiger partial charge in [-0.25, -0.2) is 9.78 Å². The maximum atomic E-state index is 12.2. The molecule has 0 amide bonds. The van der Waals surface area contributed by atoms with E-state index in [9.17, 15) is 18.0 Å². The smallest absolute Gasteiger partial charge is 0.478 e. The fourth-order valence-electron chi connectivity index (χ4n) is 1.25. The average Bonchev–Trinajstić information content (AvgIpc) is 2.35. The summed E-state index contributed by atoms with van der Waals surface area (Å²) < 4.78 is 49.4. The number of rotatable bonds is 4. The maximum absolute atomic E-state index is 12.2. The summed E-state index contributed by atoms with van der Waals surface area (Å²) in [6.45, 7) is 0. The second-order valence-electron chi connectivity index (χ2n) is 3.16. The number of methoxy groups -OCH3 is 2. The summed E-state index contributed by atoms with van der Waals surface area (Å²) in [5.74, 6) is -2.25. The first-order valence-electron chi connectivity index (χ1n) is 4.80. The number of carbonyl (C=O) groups is 1. The zero-order chi connectivity index (χ0) is 14.6. The van der Waals surface area contributed by atoms with Crippen LogP contribution in [0.2, 0.25) is 0 Å². The van der Waals surface area contributed by atoms with E-state index in [1.165, 1.54) is 0 Å². The Bertz CT molecular complexity index is 479. The Morgan fingerprint density at radius 1 is 1.42 bits per heavy atom. The van der Waals surface area contributed by atoms with Crippen LogP contribution in [0.25, 0.3) is 0 Å². The molecule has 0 aliphatic heterocycles. The van der Waals surface area contributed by atoms with Gasteiger partial charge < -0.3 is 14.2 Å². The molecular formula is C10H9ClF3NO4. The molecule has 0 atom stereocenters. The third kappa shape index (κ3) is 3.88. The molecule has 19 heavy (non-hydrogen) atoms. The van der Waals surface area contributed by atoms with Crippen LogP contribution in [-0.4, -0.2) is 31.5 Å². The van der Waals surface area contributed by atoms with Gasteiger partial charge in [0.1, 0.15) is 0 Å². The van der Waals surface area contributed by atoms with Gasteiger partial charge in [0.05, 0.1) is 31.4 Å². The van der Waals surface area contributed by atoms with Crippen LogP contribution < -0.4 is 9.47 Å². The van der Waals surface area contributed by atoms with Gasteiger partial charge in [0, 0.05) is 6.07 Å². The summed E-state index contributed by atoms with van der Waals surface area (Å²) >= 11 is 5.56. The molecule has 1 rings (SSSR count). The minimum absolute atomic E-state index is 0.0277. The Hall–Kier alpha value is -1.70. The molecule has 1 aromatic heterocycles. The molecule has 0 unspecified atom stereocenters. The summed E-state index contributed by atoms with van der Waals surface area (Å²) in [6, 6.07) is 0.822. The molecule has 0 aliphatic rings. The lowest BCUT2D eigenvalue weighted by molar-refractivity contribution is -0.275. The van der Waals surface area contributed by atoms with Crippen LogP contribution in [0.3, 0.4) is 0 Å². The van der Waals surface area contributed by atoms with Crippen LogP contribution >= 0.6 is 11.6 Å². The van der Waals surface area contributed by atoms with E-state index in [1.54, 1.807) is 0 Å². The molecule has 1 aromatic rings. The first-order chi connectivity index (χ1) is 8.82. The van der Waals surface area contributed by atoms with Crippen molar-refractivity contribution in [2.75, 3.05) is 14.2 Å². The number of alkyl halides is 4. The molecule has 5 nitrogen and oxygen atoms in total. The summed E-state index contributed by atoms with van der Waals surface area (Å²) in [5.41, 5.74) is -0.197. The lowest BCUT2D eigenvalue weighted by Crippen LogP contribution is -2.19. The van der Waals surface area contributed by atoms with Gasteiger partial charge in [-0.15, -0.1) is 24.8 Å². The van der Waals surface area contributed by atoms with E-state index in [1.807, 2.05) is 0 Å². The largest absolute Gasteiger partial charge is 0.573 e. The Morgan fingerprint density at radius 3 is 2.47 bits per heavy atom. The van der Waals surface area contributed by atoms with Crippen LogP contribution in [0.1, 0.15) is 16.1 Å². The van der Waals surface area contributed by atoms with Gasteiger partial charge in [-0.1, -0.05) is 0 Å². The van der Waals surface area contributed by atoms with Gasteiger partial charge in [0.15, 0.2) is 5.75 Å². The molecule has 0 aliphatic carbocycles. The van der Waals surface area contributed by atoms with Crippen molar-refractivity contribution in [3.8, 4) is 11.6 Å². The van der Waals surface area contributed by atoms with E-state index in [2.05, 4.69) is 19.2 Å². The summed E-state index contributed by atoms with van der Waals surface area (Å²) in [5, 5.41) is 0. The number of hydrogen-bond acceptors (Lipinski definition) is 5. The molecule has 106 valence electrons. The van der Waals surface area contributed by atoms with Gasteiger partial charge in [0.25, 0.3) is 5.88 Å². The Kier molecular flexibility index (Phi) is 4.82. The highest BCUT2D eigenvalue weighted by molar-refractivity contribution is 6.17. The minimum atomic E-state index is -4.94. The molecule has 0 saturated heterocycles. The molecule has 0 fully saturated rings. The van der Waals surface area contributed by atoms with Gasteiger partial charge in [-0.3, -0.25) is 0 Å². The van der Waals surface area contributed by atoms with Crippen LogP contribution in [0.15, 0.2) is 6.07 Å². The summed E-state index contributed by atoms with van der Waals surface area (Å²) in [4.78, 5) is 15.1. The number of pyridine rings is 1. The minimum Gasteiger partial charge on any atom is -0.478 e. The number of carbonyl (C=O) groups excluding carboxylic acids is 1. The topological polar surface area (TPSA) is 57.7 Å². The van der Waals surface area contributed by atoms with Crippen molar-refractivity contribution in [1.29, 1.82) is 0 Å². The van der Waals surface area contributed by atoms with Gasteiger partial charge in [-0.2, -0.15) is 0 Å². The highest BCUT2D eigenvalue weighted by Gasteiger charge is 2.34. The average molecular weight is 300 g/mol. The Morgan fingerprint density at radius 2 is 2.05 bits per heavy atom. The fourth-order valence-corrected chi connectivity index (χ4v) is 1.45. The Labute approximate surface area is 111 Å². The third-order valence-corrected chi connectivity index (χ3v) is 2.24. The Balaban J connectivity index is 3.33. The molecule has 0 spiro atoms. The maximum Gasteiger partial charge on any atom is 0.573 e. The molecule has 0 N–H and O–H groups in total. The number of esters is 1. The van der Waals surface area contributed by atoms with Crippen LogP contribution in [0.5, 0.6) is 11.6 Å². The number of ether oxygens (including phenoxy) is 3. The lowest BCUT2D eigenvalue weighted by atomic mass is 10.2. The van der Waals surface area contributed by atoms with E-state index >= 15 is 0 Å². The first kappa shape index (κ1) is 15.4. The zero-order valence-corrected chi connectivity index (χ0v) is 10.6. The number of aromatic nitrogens is 1. The number of nitrogens with zero attached hydrogens (tertiary/aromatic N) is 1. The van der Waals surface area contributed by atoms with E-state index in [-0.39, 0.29) is 17.1 Å². The molecule has 0 saturated carbocycles. The van der Waals surface area contributed by atoms with Crippen molar-refractivity contribution >= 4 is 17.6 Å². The SMILES string of the molecule is COC(=O)c1cc(OC(F)(F)F)c(OC)nc1CCl. The number of halogens is 4. The summed E-state index contributed by atoms with van der Waals surface area (Å²) in [6.07, 6.45) is -4.94. The predicted octanol–water partition coefficient (Wildman–Crippen LogP) is 2.51. The van der Waals surface area contributed by atoms with E-state index in [0.29, 0.717) is 0 Å². The van der Waals surface area contributed by atoms with Crippen molar-refractivity contribution < 1.29 is 32.2 Å². The van der Waals surface area contributed by atoms with Crippen molar-refractivity contribution in [2.24, 2.45) is 0 Å². The van der Waals surface area contributed by atoms with Gasteiger partial charge in [0.2, 0.25) is 0 Å². The predicted molar refractivity (Wildman–Crippen MR) is 58.4 cm³/mol. The van der Waals surface area contributed by atoms with E-state index in [0.717, 1.165) is 20.3 Å². The normalized spacial score (nSPS) is 11.1. The van der Waals surface area contributed by atoms with Crippen LogP contribution in [0, 0.1) is 0 Å². The molecule has 1 heterocycles. The molecule has 0 radical (unpaired) electrons. The van der Waals surface area contributed by atoms with E-state index in [4.69, 9.17) is 11.6 Å². The van der Waals surface area contributed by atoms with Crippen LogP contribution in [0.4, 0.5) is 13.2 Å². The lowest BCUT2D eigenvalue weighted by Gasteiger charge is -2.14. The highest BCUT2D eigenvalue weighted by Crippen LogP contribution is 2.33. The molecule has 0 aromatic carbocycles. The summed E-state index contributed by atoms with van der Waals surface area (Å²) in [7, 11) is 2.19. The second kappa shape index (κ2) is 5.96. The van der Waals surface area contributed by atoms with Crippen molar-refractivity contribution in [3.05, 3.63) is 17.3 Å². The van der Waals surface area contributed by atoms with Crippen LogP contribution in [-0.2, 0) is 10.6 Å². The fraction of sp³-hybridized carbons (Fsp3) is 0.400. The van der Waals surface area contributed by atoms with Gasteiger partial charge >= 0.3 is 12.3 Å². The highest BCUT2D eigenvalue weighted by atomic mass is 35.5. The first-order valence-corrected chi connectivity index (χ1v) is 5.33. The standard InChI is InChI=1S/C10H9ClF3NO4/c1-17-8-7(19-10(12,13)14)3-5(9(16)18-2)6(4-11)15-8/h3H,4H2,1-2H3. The van der Waals surface area contributed by atoms with E-state index < -0.39 is 24.0 Å². The van der Waals surface area contributed by atoms with Crippen molar-refractivity contribution in [1.82, 2.24) is 4.98 Å². The zero-order valence-electron chi connectivity index (χ0n) is 9.88. The van der Waals surface area contributed by atoms with Gasteiger partial charge in [-0.05, 0) is 0 Å². The molecular weight excluding hydrogens is 291 g/mol. The molecule has 0 bridgehead atoms. The monoisotopic (exact) mass is 299 g/mol. The third-order valence-electron chi connectivity index (χ3n) is 1.98. The molecule has 9 heteroatoms. The van der Waals surface area contributed by atoms with Crippen molar-refractivity contribution in [2.45, 2.75) is 12.2 Å². The number of hydrogen-bond donors (Lipinski definition) is 0. The quantitative estimate of drug-likeness (QED) is 0.631. The van der Waals surface area contributed by atoms with Crippen molar-refractivity contribution in [3.63, 3.8) is 0 Å². The second-order valence-corrected chi connectivity index (χ2v) is 3.43.